The lowest BCUT2D eigenvalue weighted by Crippen LogP contribution is -2.19. The summed E-state index contributed by atoms with van der Waals surface area (Å²) in [6.45, 7) is 2.01. The van der Waals surface area contributed by atoms with Crippen molar-refractivity contribution in [2.75, 3.05) is 4.90 Å². The third-order valence-electron chi connectivity index (χ3n) is 3.96. The molecular weight excluding hydrogens is 330 g/mol. The molecule has 0 saturated carbocycles. The normalized spacial score (nSPS) is 10.2. The maximum atomic E-state index is 11.8. The van der Waals surface area contributed by atoms with Crippen LogP contribution in [0.4, 0.5) is 5.69 Å². The van der Waals surface area contributed by atoms with Crippen molar-refractivity contribution in [3.8, 4) is 0 Å². The maximum absolute atomic E-state index is 11.8. The molecule has 1 amide bonds. The Bertz CT molecular complexity index is 829. The highest BCUT2D eigenvalue weighted by Gasteiger charge is 2.17. The van der Waals surface area contributed by atoms with Crippen LogP contribution in [0.2, 0.25) is 0 Å². The molecule has 0 unspecified atom stereocenters. The van der Waals surface area contributed by atoms with Crippen LogP contribution in [0.1, 0.15) is 16.7 Å². The van der Waals surface area contributed by atoms with Gasteiger partial charge in [0, 0.05) is 11.3 Å². The van der Waals surface area contributed by atoms with E-state index in [2.05, 4.69) is 0 Å². The van der Waals surface area contributed by atoms with Crippen LogP contribution in [0.15, 0.2) is 90.1 Å². The third kappa shape index (κ3) is 3.81. The zero-order valence-electron chi connectivity index (χ0n) is 13.9. The second-order valence-corrected chi connectivity index (χ2v) is 6.07. The van der Waals surface area contributed by atoms with Gasteiger partial charge in [-0.05, 0) is 30.2 Å². The van der Waals surface area contributed by atoms with Crippen molar-refractivity contribution in [1.29, 1.82) is 0 Å². The molecule has 0 radical (unpaired) electrons. The maximum Gasteiger partial charge on any atom is 0.219 e. The summed E-state index contributed by atoms with van der Waals surface area (Å²) in [6, 6.07) is 27.4. The van der Waals surface area contributed by atoms with Crippen molar-refractivity contribution in [2.45, 2.75) is 6.92 Å². The van der Waals surface area contributed by atoms with Crippen LogP contribution in [-0.2, 0) is 4.79 Å². The van der Waals surface area contributed by atoms with Gasteiger partial charge in [-0.3, -0.25) is 9.69 Å². The number of anilines is 1. The quantitative estimate of drug-likeness (QED) is 0.433. The summed E-state index contributed by atoms with van der Waals surface area (Å²) in [5.74, 6) is 0. The number of amides is 1. The zero-order valence-corrected chi connectivity index (χ0v) is 14.6. The van der Waals surface area contributed by atoms with Crippen LogP contribution in [0, 0.1) is 6.92 Å². The van der Waals surface area contributed by atoms with E-state index in [4.69, 9.17) is 11.6 Å². The Hall–Kier alpha value is -2.84. The van der Waals surface area contributed by atoms with E-state index in [-0.39, 0.29) is 0 Å². The second kappa shape index (κ2) is 7.82. The monoisotopic (exact) mass is 347 g/mol. The number of hydrogen-bond donors (Lipinski definition) is 0. The van der Waals surface area contributed by atoms with Crippen molar-refractivity contribution < 1.29 is 4.79 Å². The largest absolute Gasteiger partial charge is 0.278 e. The summed E-state index contributed by atoms with van der Waals surface area (Å²) in [5.41, 5.74) is 4.59. The van der Waals surface area contributed by atoms with E-state index in [1.165, 1.54) is 4.90 Å². The van der Waals surface area contributed by atoms with Crippen molar-refractivity contribution in [2.24, 2.45) is 0 Å². The van der Waals surface area contributed by atoms with Gasteiger partial charge in [0.2, 0.25) is 6.41 Å². The Kier molecular flexibility index (Phi) is 5.32. The molecule has 3 rings (SSSR count). The summed E-state index contributed by atoms with van der Waals surface area (Å²) in [5, 5.41) is 0.372. The van der Waals surface area contributed by atoms with Crippen LogP contribution in [0.3, 0.4) is 0 Å². The van der Waals surface area contributed by atoms with Crippen LogP contribution in [-0.4, -0.2) is 6.41 Å². The van der Waals surface area contributed by atoms with Crippen LogP contribution in [0.5, 0.6) is 0 Å². The van der Waals surface area contributed by atoms with Gasteiger partial charge >= 0.3 is 0 Å². The first-order chi connectivity index (χ1) is 12.2. The lowest BCUT2D eigenvalue weighted by atomic mass is 9.98. The van der Waals surface area contributed by atoms with E-state index in [1.54, 1.807) is 0 Å². The topological polar surface area (TPSA) is 20.3 Å². The average Bonchev–Trinajstić information content (AvgIpc) is 2.66. The fourth-order valence-corrected chi connectivity index (χ4v) is 3.02. The highest BCUT2D eigenvalue weighted by atomic mass is 35.5. The molecule has 25 heavy (non-hydrogen) atoms. The summed E-state index contributed by atoms with van der Waals surface area (Å²) < 4.78 is 0. The molecule has 0 aliphatic heterocycles. The third-order valence-corrected chi connectivity index (χ3v) is 4.33. The average molecular weight is 348 g/mol. The number of rotatable bonds is 5. The number of carbonyl (C=O) groups is 1. The van der Waals surface area contributed by atoms with Crippen LogP contribution < -0.4 is 4.90 Å². The predicted molar refractivity (Wildman–Crippen MR) is 104 cm³/mol. The Morgan fingerprint density at radius 3 is 1.72 bits per heavy atom. The van der Waals surface area contributed by atoms with E-state index in [0.717, 1.165) is 34.4 Å². The molecule has 124 valence electrons. The molecule has 0 heterocycles. The molecule has 3 heteroatoms. The fourth-order valence-electron chi connectivity index (χ4n) is 2.66. The summed E-state index contributed by atoms with van der Waals surface area (Å²) in [4.78, 5) is 13.3. The van der Waals surface area contributed by atoms with Gasteiger partial charge in [-0.2, -0.15) is 0 Å². The van der Waals surface area contributed by atoms with Crippen molar-refractivity contribution in [3.05, 3.63) is 107 Å². The Morgan fingerprint density at radius 1 is 0.800 bits per heavy atom. The molecule has 0 aliphatic carbocycles. The van der Waals surface area contributed by atoms with Gasteiger partial charge in [0.15, 0.2) is 0 Å². The van der Waals surface area contributed by atoms with E-state index < -0.39 is 0 Å². The molecule has 3 aromatic rings. The lowest BCUT2D eigenvalue weighted by molar-refractivity contribution is -0.107. The van der Waals surface area contributed by atoms with Gasteiger partial charge in [-0.15, -0.1) is 0 Å². The molecular formula is C22H18ClNO. The van der Waals surface area contributed by atoms with E-state index in [9.17, 15) is 4.79 Å². The standard InChI is InChI=1S/C22H18ClNO/c1-17-12-14-20(15-13-17)24(16-25)22(23)21(18-8-4-2-5-9-18)19-10-6-3-7-11-19/h2-16H,1H3. The van der Waals surface area contributed by atoms with Gasteiger partial charge in [0.25, 0.3) is 0 Å². The van der Waals surface area contributed by atoms with Crippen LogP contribution in [0.25, 0.3) is 5.57 Å². The first-order valence-electron chi connectivity index (χ1n) is 8.02. The molecule has 0 N–H and O–H groups in total. The molecule has 0 aliphatic rings. The lowest BCUT2D eigenvalue weighted by Gasteiger charge is -2.21. The van der Waals surface area contributed by atoms with Gasteiger partial charge in [0.05, 0.1) is 0 Å². The summed E-state index contributed by atoms with van der Waals surface area (Å²) >= 11 is 6.73. The van der Waals surface area contributed by atoms with Crippen molar-refractivity contribution in [3.63, 3.8) is 0 Å². The molecule has 3 aromatic carbocycles. The number of halogens is 1. The SMILES string of the molecule is Cc1ccc(N(C=O)C(Cl)=C(c2ccccc2)c2ccccc2)cc1. The Morgan fingerprint density at radius 2 is 1.28 bits per heavy atom. The minimum Gasteiger partial charge on any atom is -0.278 e. The van der Waals surface area contributed by atoms with Gasteiger partial charge in [-0.1, -0.05) is 90.0 Å². The second-order valence-electron chi connectivity index (χ2n) is 5.71. The molecule has 0 spiro atoms. The number of hydrogen-bond acceptors (Lipinski definition) is 1. The van der Waals surface area contributed by atoms with Crippen LogP contribution >= 0.6 is 11.6 Å². The number of benzene rings is 3. The Labute approximate surface area is 153 Å². The summed E-state index contributed by atoms with van der Waals surface area (Å²) in [6.07, 6.45) is 0.749. The molecule has 0 aromatic heterocycles. The molecule has 2 nitrogen and oxygen atoms in total. The Balaban J connectivity index is 2.18. The van der Waals surface area contributed by atoms with Gasteiger partial charge in [-0.25, -0.2) is 0 Å². The highest BCUT2D eigenvalue weighted by Crippen LogP contribution is 2.32. The zero-order chi connectivity index (χ0) is 17.6. The van der Waals surface area contributed by atoms with Gasteiger partial charge in [0.1, 0.15) is 5.16 Å². The van der Waals surface area contributed by atoms with Crippen molar-refractivity contribution in [1.82, 2.24) is 0 Å². The predicted octanol–water partition coefficient (Wildman–Crippen LogP) is 5.61. The molecule has 0 fully saturated rings. The van der Waals surface area contributed by atoms with E-state index >= 15 is 0 Å². The van der Waals surface area contributed by atoms with Gasteiger partial charge < -0.3 is 0 Å². The van der Waals surface area contributed by atoms with E-state index in [0.29, 0.717) is 5.16 Å². The highest BCUT2D eigenvalue weighted by molar-refractivity contribution is 6.36. The fraction of sp³-hybridized carbons (Fsp3) is 0.0455. The van der Waals surface area contributed by atoms with E-state index in [1.807, 2.05) is 91.9 Å². The first-order valence-corrected chi connectivity index (χ1v) is 8.40. The smallest absolute Gasteiger partial charge is 0.219 e. The number of nitrogens with zero attached hydrogens (tertiary/aromatic N) is 1. The number of carbonyl (C=O) groups excluding carboxylic acids is 1. The summed E-state index contributed by atoms with van der Waals surface area (Å²) in [7, 11) is 0. The minimum absolute atomic E-state index is 0.372. The van der Waals surface area contributed by atoms with Crippen molar-refractivity contribution >= 4 is 29.3 Å². The molecule has 0 atom stereocenters. The number of aryl methyl sites for hydroxylation is 1. The molecule has 0 bridgehead atoms. The minimum atomic E-state index is 0.372. The molecule has 0 saturated heterocycles. The first kappa shape index (κ1) is 17.0.